The standard InChI is InChI=1S/C27H35N5O4/c1-18-22(29-36-28-18)17-30(2)25(33)19-13-15-31(16-14-19)23-12-8-11-21-24(23)27(35)32(26(21)34)20-9-6-4-3-5-7-10-20/h8,11-12,19-20H,3-7,9-10,13-17H2,1-2H3. The first-order valence-electron chi connectivity index (χ1n) is 13.2. The van der Waals surface area contributed by atoms with E-state index in [9.17, 15) is 14.4 Å². The third-order valence-electron chi connectivity index (χ3n) is 8.06. The molecule has 36 heavy (non-hydrogen) atoms. The van der Waals surface area contributed by atoms with E-state index in [1.165, 1.54) is 19.3 Å². The van der Waals surface area contributed by atoms with Gasteiger partial charge in [0.25, 0.3) is 11.8 Å². The summed E-state index contributed by atoms with van der Waals surface area (Å²) in [6.45, 7) is 3.51. The average Bonchev–Trinajstić information content (AvgIpc) is 3.38. The van der Waals surface area contributed by atoms with E-state index in [4.69, 9.17) is 4.63 Å². The van der Waals surface area contributed by atoms with E-state index in [-0.39, 0.29) is 29.7 Å². The fourth-order valence-corrected chi connectivity index (χ4v) is 5.95. The van der Waals surface area contributed by atoms with Gasteiger partial charge in [0.15, 0.2) is 0 Å². The Kier molecular flexibility index (Phi) is 7.07. The van der Waals surface area contributed by atoms with Crippen LogP contribution in [0.2, 0.25) is 0 Å². The van der Waals surface area contributed by atoms with Crippen molar-refractivity contribution in [3.63, 3.8) is 0 Å². The molecule has 5 rings (SSSR count). The molecule has 1 aromatic heterocycles. The maximum absolute atomic E-state index is 13.6. The molecule has 192 valence electrons. The summed E-state index contributed by atoms with van der Waals surface area (Å²) in [5, 5.41) is 7.66. The van der Waals surface area contributed by atoms with Gasteiger partial charge in [-0.15, -0.1) is 0 Å². The molecule has 0 radical (unpaired) electrons. The van der Waals surface area contributed by atoms with Crippen LogP contribution in [0.5, 0.6) is 0 Å². The third-order valence-corrected chi connectivity index (χ3v) is 8.06. The number of carbonyl (C=O) groups excluding carboxylic acids is 3. The predicted octanol–water partition coefficient (Wildman–Crippen LogP) is 3.96. The predicted molar refractivity (Wildman–Crippen MR) is 133 cm³/mol. The number of benzene rings is 1. The first-order chi connectivity index (χ1) is 17.5. The van der Waals surface area contributed by atoms with Crippen LogP contribution in [0.3, 0.4) is 0 Å². The van der Waals surface area contributed by atoms with Crippen LogP contribution in [0.4, 0.5) is 5.69 Å². The Morgan fingerprint density at radius 1 is 1.00 bits per heavy atom. The normalized spacial score (nSPS) is 19.8. The average molecular weight is 494 g/mol. The number of rotatable bonds is 5. The van der Waals surface area contributed by atoms with Crippen molar-refractivity contribution in [1.82, 2.24) is 20.1 Å². The maximum atomic E-state index is 13.6. The van der Waals surface area contributed by atoms with Gasteiger partial charge in [-0.2, -0.15) is 0 Å². The molecule has 1 saturated carbocycles. The van der Waals surface area contributed by atoms with E-state index in [1.54, 1.807) is 22.9 Å². The van der Waals surface area contributed by atoms with Gasteiger partial charge in [0.05, 0.1) is 23.4 Å². The molecule has 1 aliphatic carbocycles. The lowest BCUT2D eigenvalue weighted by atomic mass is 9.94. The minimum absolute atomic E-state index is 0.00648. The van der Waals surface area contributed by atoms with Crippen LogP contribution < -0.4 is 4.90 Å². The van der Waals surface area contributed by atoms with Crippen LogP contribution >= 0.6 is 0 Å². The molecular weight excluding hydrogens is 458 g/mol. The Morgan fingerprint density at radius 2 is 1.69 bits per heavy atom. The number of piperidine rings is 1. The van der Waals surface area contributed by atoms with Crippen molar-refractivity contribution in [2.24, 2.45) is 5.92 Å². The van der Waals surface area contributed by atoms with Gasteiger partial charge >= 0.3 is 0 Å². The smallest absolute Gasteiger partial charge is 0.263 e. The largest absolute Gasteiger partial charge is 0.371 e. The zero-order valence-electron chi connectivity index (χ0n) is 21.2. The zero-order chi connectivity index (χ0) is 25.2. The summed E-state index contributed by atoms with van der Waals surface area (Å²) in [6, 6.07) is 5.60. The second-order valence-corrected chi connectivity index (χ2v) is 10.4. The molecule has 2 fully saturated rings. The number of aromatic nitrogens is 2. The van der Waals surface area contributed by atoms with Gasteiger partial charge in [0.2, 0.25) is 5.91 Å². The highest BCUT2D eigenvalue weighted by Gasteiger charge is 2.42. The first kappa shape index (κ1) is 24.5. The Hall–Kier alpha value is -3.23. The van der Waals surface area contributed by atoms with Crippen molar-refractivity contribution < 1.29 is 19.0 Å². The molecule has 0 atom stereocenters. The fourth-order valence-electron chi connectivity index (χ4n) is 5.95. The van der Waals surface area contributed by atoms with Gasteiger partial charge in [-0.3, -0.25) is 19.3 Å². The second kappa shape index (κ2) is 10.4. The Balaban J connectivity index is 1.26. The Morgan fingerprint density at radius 3 is 2.36 bits per heavy atom. The highest BCUT2D eigenvalue weighted by Crippen LogP contribution is 2.37. The van der Waals surface area contributed by atoms with Crippen LogP contribution in [-0.4, -0.2) is 64.0 Å². The van der Waals surface area contributed by atoms with E-state index in [0.717, 1.165) is 31.4 Å². The molecule has 3 amide bonds. The number of amides is 3. The van der Waals surface area contributed by atoms with Crippen molar-refractivity contribution in [3.8, 4) is 0 Å². The topological polar surface area (TPSA) is 99.8 Å². The van der Waals surface area contributed by atoms with Gasteiger partial charge in [0, 0.05) is 32.1 Å². The van der Waals surface area contributed by atoms with E-state index >= 15 is 0 Å². The van der Waals surface area contributed by atoms with Crippen molar-refractivity contribution >= 4 is 23.4 Å². The van der Waals surface area contributed by atoms with E-state index < -0.39 is 0 Å². The molecule has 3 aliphatic rings. The van der Waals surface area contributed by atoms with E-state index in [2.05, 4.69) is 15.2 Å². The molecule has 3 heterocycles. The van der Waals surface area contributed by atoms with Crippen molar-refractivity contribution in [2.45, 2.75) is 77.3 Å². The van der Waals surface area contributed by atoms with Gasteiger partial charge in [-0.05, 0) is 44.7 Å². The van der Waals surface area contributed by atoms with Crippen LogP contribution in [-0.2, 0) is 11.3 Å². The van der Waals surface area contributed by atoms with Crippen LogP contribution in [0.15, 0.2) is 22.8 Å². The van der Waals surface area contributed by atoms with Gasteiger partial charge in [0.1, 0.15) is 11.4 Å². The lowest BCUT2D eigenvalue weighted by Gasteiger charge is -2.35. The number of hydrogen-bond acceptors (Lipinski definition) is 7. The van der Waals surface area contributed by atoms with Crippen LogP contribution in [0.1, 0.15) is 89.9 Å². The fraction of sp³-hybridized carbons (Fsp3) is 0.593. The molecule has 0 unspecified atom stereocenters. The van der Waals surface area contributed by atoms with Crippen molar-refractivity contribution in [2.75, 3.05) is 25.0 Å². The summed E-state index contributed by atoms with van der Waals surface area (Å²) in [5.74, 6) is -0.304. The SMILES string of the molecule is Cc1nonc1CN(C)C(=O)C1CCN(c2cccc3c2C(=O)N(C2CCCCCCC2)C3=O)CC1. The van der Waals surface area contributed by atoms with Gasteiger partial charge in [-0.1, -0.05) is 48.5 Å². The number of imide groups is 1. The lowest BCUT2D eigenvalue weighted by molar-refractivity contribution is -0.135. The summed E-state index contributed by atoms with van der Waals surface area (Å²) < 4.78 is 4.75. The summed E-state index contributed by atoms with van der Waals surface area (Å²) in [6.07, 6.45) is 8.88. The molecule has 1 saturated heterocycles. The van der Waals surface area contributed by atoms with Gasteiger partial charge < -0.3 is 9.80 Å². The minimum Gasteiger partial charge on any atom is -0.371 e. The molecule has 0 spiro atoms. The molecule has 9 heteroatoms. The number of nitrogens with zero attached hydrogens (tertiary/aromatic N) is 5. The number of fused-ring (bicyclic) bond motifs is 1. The number of aryl methyl sites for hydroxylation is 1. The van der Waals surface area contributed by atoms with Crippen molar-refractivity contribution in [1.29, 1.82) is 0 Å². The summed E-state index contributed by atoms with van der Waals surface area (Å²) in [7, 11) is 1.78. The number of carbonyl (C=O) groups is 3. The maximum Gasteiger partial charge on any atom is 0.263 e. The molecule has 9 nitrogen and oxygen atoms in total. The van der Waals surface area contributed by atoms with E-state index in [1.807, 2.05) is 19.1 Å². The number of anilines is 1. The minimum atomic E-state index is -0.148. The third kappa shape index (κ3) is 4.63. The lowest BCUT2D eigenvalue weighted by Crippen LogP contribution is -2.42. The summed E-state index contributed by atoms with van der Waals surface area (Å²) in [4.78, 5) is 45.4. The van der Waals surface area contributed by atoms with Crippen LogP contribution in [0, 0.1) is 12.8 Å². The molecule has 0 bridgehead atoms. The molecule has 0 N–H and O–H groups in total. The zero-order valence-corrected chi connectivity index (χ0v) is 21.2. The van der Waals surface area contributed by atoms with Crippen LogP contribution in [0.25, 0.3) is 0 Å². The highest BCUT2D eigenvalue weighted by atomic mass is 16.6. The quantitative estimate of drug-likeness (QED) is 0.581. The monoisotopic (exact) mass is 493 g/mol. The van der Waals surface area contributed by atoms with Crippen molar-refractivity contribution in [3.05, 3.63) is 40.7 Å². The highest BCUT2D eigenvalue weighted by molar-refractivity contribution is 6.24. The molecule has 2 aromatic rings. The first-order valence-corrected chi connectivity index (χ1v) is 13.2. The van der Waals surface area contributed by atoms with E-state index in [0.29, 0.717) is 55.0 Å². The summed E-state index contributed by atoms with van der Waals surface area (Å²) >= 11 is 0. The second-order valence-electron chi connectivity index (χ2n) is 10.4. The molecule has 2 aliphatic heterocycles. The Bertz CT molecular complexity index is 1130. The van der Waals surface area contributed by atoms with Gasteiger partial charge in [-0.25, -0.2) is 4.63 Å². The Labute approximate surface area is 211 Å². The summed E-state index contributed by atoms with van der Waals surface area (Å²) in [5.41, 5.74) is 3.24. The molecule has 1 aromatic carbocycles. The number of hydrogen-bond donors (Lipinski definition) is 0. The molecular formula is C27H35N5O4.